The van der Waals surface area contributed by atoms with Crippen molar-refractivity contribution >= 4 is 17.5 Å². The molecular weight excluding hydrogens is 318 g/mol. The van der Waals surface area contributed by atoms with Crippen LogP contribution in [-0.2, 0) is 9.53 Å². The molecule has 0 fully saturated rings. The first kappa shape index (κ1) is 18.1. The maximum absolute atomic E-state index is 13.0. The molecule has 5 heteroatoms. The maximum Gasteiger partial charge on any atom is 0.310 e. The van der Waals surface area contributed by atoms with Gasteiger partial charge < -0.3 is 4.74 Å². The summed E-state index contributed by atoms with van der Waals surface area (Å²) in [6.45, 7) is 0. The first-order valence-electron chi connectivity index (χ1n) is 7.73. The van der Waals surface area contributed by atoms with Crippen LogP contribution in [0.25, 0.3) is 0 Å². The molecule has 25 heavy (non-hydrogen) atoms. The van der Waals surface area contributed by atoms with Crippen molar-refractivity contribution < 1.29 is 19.1 Å². The largest absolute Gasteiger partial charge is 0.469 e. The zero-order valence-electron chi connectivity index (χ0n) is 13.7. The van der Waals surface area contributed by atoms with E-state index in [1.807, 2.05) is 6.07 Å². The minimum atomic E-state index is -1.31. The molecule has 0 spiro atoms. The Kier molecular flexibility index (Phi) is 6.19. The fourth-order valence-corrected chi connectivity index (χ4v) is 2.64. The molecule has 0 aliphatic rings. The highest BCUT2D eigenvalue weighted by Gasteiger charge is 2.40. The Balaban J connectivity index is 2.50. The third-order valence-corrected chi connectivity index (χ3v) is 3.90. The first-order chi connectivity index (χ1) is 12.1. The SMILES string of the molecule is COC(=O)C(CC#N)C(C(=O)c1ccccc1)C(=O)c1ccccc1. The van der Waals surface area contributed by atoms with Crippen molar-refractivity contribution in [3.8, 4) is 6.07 Å². The van der Waals surface area contributed by atoms with Gasteiger partial charge in [-0.25, -0.2) is 0 Å². The van der Waals surface area contributed by atoms with Crippen molar-refractivity contribution in [2.24, 2.45) is 11.8 Å². The van der Waals surface area contributed by atoms with Gasteiger partial charge in [-0.05, 0) is 0 Å². The Labute approximate surface area is 145 Å². The van der Waals surface area contributed by atoms with E-state index in [9.17, 15) is 14.4 Å². The lowest BCUT2D eigenvalue weighted by molar-refractivity contribution is -0.146. The first-order valence-corrected chi connectivity index (χ1v) is 7.73. The van der Waals surface area contributed by atoms with Gasteiger partial charge in [0.05, 0.1) is 25.0 Å². The van der Waals surface area contributed by atoms with Crippen LogP contribution in [0.3, 0.4) is 0 Å². The maximum atomic E-state index is 13.0. The number of hydrogen-bond donors (Lipinski definition) is 0. The topological polar surface area (TPSA) is 84.2 Å². The highest BCUT2D eigenvalue weighted by atomic mass is 16.5. The summed E-state index contributed by atoms with van der Waals surface area (Å²) < 4.78 is 4.72. The van der Waals surface area contributed by atoms with E-state index in [-0.39, 0.29) is 6.42 Å². The molecule has 0 amide bonds. The van der Waals surface area contributed by atoms with E-state index < -0.39 is 29.4 Å². The van der Waals surface area contributed by atoms with E-state index in [0.29, 0.717) is 11.1 Å². The Morgan fingerprint density at radius 1 is 0.920 bits per heavy atom. The summed E-state index contributed by atoms with van der Waals surface area (Å²) >= 11 is 0. The molecule has 1 unspecified atom stereocenters. The summed E-state index contributed by atoms with van der Waals surface area (Å²) in [5, 5.41) is 9.05. The van der Waals surface area contributed by atoms with Crippen LogP contribution in [0.5, 0.6) is 0 Å². The fraction of sp³-hybridized carbons (Fsp3) is 0.200. The van der Waals surface area contributed by atoms with Gasteiger partial charge in [0, 0.05) is 17.5 Å². The van der Waals surface area contributed by atoms with Crippen LogP contribution in [0, 0.1) is 23.2 Å². The van der Waals surface area contributed by atoms with Crippen LogP contribution in [-0.4, -0.2) is 24.6 Å². The van der Waals surface area contributed by atoms with Gasteiger partial charge in [0.15, 0.2) is 11.6 Å². The number of nitriles is 1. The number of carbonyl (C=O) groups excluding carboxylic acids is 3. The molecule has 0 N–H and O–H groups in total. The number of ketones is 2. The zero-order chi connectivity index (χ0) is 18.2. The molecule has 2 aromatic carbocycles. The molecule has 126 valence electrons. The second kappa shape index (κ2) is 8.55. The highest BCUT2D eigenvalue weighted by molar-refractivity contribution is 6.17. The third-order valence-electron chi connectivity index (χ3n) is 3.90. The number of hydrogen-bond acceptors (Lipinski definition) is 5. The number of Topliss-reactive ketones (excluding diaryl/α,β-unsaturated/α-hetero) is 2. The Bertz CT molecular complexity index is 742. The lowest BCUT2D eigenvalue weighted by Crippen LogP contribution is -2.36. The summed E-state index contributed by atoms with van der Waals surface area (Å²) in [7, 11) is 1.17. The van der Waals surface area contributed by atoms with Crippen molar-refractivity contribution in [3.05, 3.63) is 71.8 Å². The van der Waals surface area contributed by atoms with Crippen molar-refractivity contribution in [1.82, 2.24) is 0 Å². The Morgan fingerprint density at radius 3 is 1.72 bits per heavy atom. The summed E-state index contributed by atoms with van der Waals surface area (Å²) in [5.41, 5.74) is 0.618. The quantitative estimate of drug-likeness (QED) is 0.441. The van der Waals surface area contributed by atoms with Crippen molar-refractivity contribution in [2.45, 2.75) is 6.42 Å². The van der Waals surface area contributed by atoms with Gasteiger partial charge in [-0.2, -0.15) is 5.26 Å². The summed E-state index contributed by atoms with van der Waals surface area (Å²) in [4.78, 5) is 38.1. The molecule has 2 rings (SSSR count). The highest BCUT2D eigenvalue weighted by Crippen LogP contribution is 2.26. The Morgan fingerprint density at radius 2 is 1.36 bits per heavy atom. The molecular formula is C20H17NO4. The molecule has 0 bridgehead atoms. The van der Waals surface area contributed by atoms with E-state index >= 15 is 0 Å². The standard InChI is InChI=1S/C20H17NO4/c1-25-20(24)16(12-13-21)17(18(22)14-8-4-2-5-9-14)19(23)15-10-6-3-7-11-15/h2-11,16-17H,12H2,1H3. The van der Waals surface area contributed by atoms with E-state index in [1.54, 1.807) is 60.7 Å². The van der Waals surface area contributed by atoms with Crippen molar-refractivity contribution in [1.29, 1.82) is 5.26 Å². The van der Waals surface area contributed by atoms with Crippen molar-refractivity contribution in [3.63, 3.8) is 0 Å². The van der Waals surface area contributed by atoms with Crippen molar-refractivity contribution in [2.75, 3.05) is 7.11 Å². The van der Waals surface area contributed by atoms with Crippen LogP contribution >= 0.6 is 0 Å². The molecule has 0 heterocycles. The number of methoxy groups -OCH3 is 1. The molecule has 5 nitrogen and oxygen atoms in total. The number of nitrogens with zero attached hydrogens (tertiary/aromatic N) is 1. The number of carbonyl (C=O) groups is 3. The minimum Gasteiger partial charge on any atom is -0.469 e. The van der Waals surface area contributed by atoms with Gasteiger partial charge in [0.2, 0.25) is 0 Å². The minimum absolute atomic E-state index is 0.283. The number of ether oxygens (including phenoxy) is 1. The van der Waals surface area contributed by atoms with Crippen LogP contribution in [0.4, 0.5) is 0 Å². The predicted molar refractivity (Wildman–Crippen MR) is 90.8 cm³/mol. The van der Waals surface area contributed by atoms with Gasteiger partial charge in [-0.15, -0.1) is 0 Å². The monoisotopic (exact) mass is 335 g/mol. The normalized spacial score (nSPS) is 11.4. The van der Waals surface area contributed by atoms with E-state index in [1.165, 1.54) is 7.11 Å². The van der Waals surface area contributed by atoms with E-state index in [0.717, 1.165) is 0 Å². The number of benzene rings is 2. The van der Waals surface area contributed by atoms with E-state index in [4.69, 9.17) is 10.00 Å². The molecule has 1 atom stereocenters. The smallest absolute Gasteiger partial charge is 0.310 e. The van der Waals surface area contributed by atoms with E-state index in [2.05, 4.69) is 0 Å². The van der Waals surface area contributed by atoms with Gasteiger partial charge >= 0.3 is 5.97 Å². The lowest BCUT2D eigenvalue weighted by Gasteiger charge is -2.21. The molecule has 0 aliphatic heterocycles. The van der Waals surface area contributed by atoms with Gasteiger partial charge in [0.25, 0.3) is 0 Å². The molecule has 0 aromatic heterocycles. The zero-order valence-corrected chi connectivity index (χ0v) is 13.7. The lowest BCUT2D eigenvalue weighted by atomic mass is 9.79. The van der Waals surface area contributed by atoms with Crippen LogP contribution in [0.2, 0.25) is 0 Å². The number of rotatable bonds is 7. The molecule has 0 saturated carbocycles. The van der Waals surface area contributed by atoms with Crippen LogP contribution in [0.15, 0.2) is 60.7 Å². The molecule has 0 radical (unpaired) electrons. The summed E-state index contributed by atoms with van der Waals surface area (Å²) in [6, 6.07) is 18.4. The molecule has 0 saturated heterocycles. The average molecular weight is 335 g/mol. The number of esters is 1. The third kappa shape index (κ3) is 4.18. The van der Waals surface area contributed by atoms with Crippen LogP contribution < -0.4 is 0 Å². The van der Waals surface area contributed by atoms with Gasteiger partial charge in [0.1, 0.15) is 0 Å². The molecule has 2 aromatic rings. The summed E-state index contributed by atoms with van der Waals surface area (Å²) in [6.07, 6.45) is -0.283. The second-order valence-corrected chi connectivity index (χ2v) is 5.43. The second-order valence-electron chi connectivity index (χ2n) is 5.43. The predicted octanol–water partition coefficient (Wildman–Crippen LogP) is 3.07. The Hall–Kier alpha value is -3.26. The van der Waals surface area contributed by atoms with Gasteiger partial charge in [-0.1, -0.05) is 60.7 Å². The van der Waals surface area contributed by atoms with Gasteiger partial charge in [-0.3, -0.25) is 14.4 Å². The summed E-state index contributed by atoms with van der Waals surface area (Å²) in [5.74, 6) is -4.22. The molecule has 0 aliphatic carbocycles. The average Bonchev–Trinajstić information content (AvgIpc) is 2.68. The van der Waals surface area contributed by atoms with Crippen LogP contribution in [0.1, 0.15) is 27.1 Å². The fourth-order valence-electron chi connectivity index (χ4n) is 2.64.